The molecule has 2 aromatic rings. The molecular weight excluding hydrogens is 600 g/mol. The molecule has 0 bridgehead atoms. The van der Waals surface area contributed by atoms with Gasteiger partial charge in [0, 0.05) is 13.0 Å². The lowest BCUT2D eigenvalue weighted by Crippen LogP contribution is -2.60. The molecular formula is C31H40N6O9. The van der Waals surface area contributed by atoms with E-state index in [0.29, 0.717) is 18.4 Å². The van der Waals surface area contributed by atoms with Gasteiger partial charge in [-0.05, 0) is 30.4 Å². The zero-order valence-corrected chi connectivity index (χ0v) is 25.1. The Kier molecular flexibility index (Phi) is 13.6. The number of carbonyl (C=O) groups excluding carboxylic acids is 5. The standard InChI is InChI=1S/C31H40N6O9/c32-21(14-19-8-3-1-4-9-19)27(42)35-23(17-38)29(44)36-24(18-39)28(43)34-22(15-20-10-5-2-6-11-20)31(46)37-13-7-12-25(37)30(45)33-16-26(40)41/h1-6,8-11,21-25,38-39H,7,12-18,32H2,(H,33,45)(H,34,43)(H,35,42)(H,36,44)(H,40,41)/t21-,22-,23-,24-,25-/m0/s1. The van der Waals surface area contributed by atoms with Crippen LogP contribution in [0.1, 0.15) is 24.0 Å². The van der Waals surface area contributed by atoms with E-state index >= 15 is 0 Å². The number of carboxylic acid groups (broad SMARTS) is 1. The third-order valence-electron chi connectivity index (χ3n) is 7.42. The quantitative estimate of drug-likeness (QED) is 0.0954. The van der Waals surface area contributed by atoms with E-state index in [1.165, 1.54) is 4.90 Å². The van der Waals surface area contributed by atoms with Crippen molar-refractivity contribution in [3.63, 3.8) is 0 Å². The molecule has 15 nitrogen and oxygen atoms in total. The van der Waals surface area contributed by atoms with Crippen molar-refractivity contribution in [1.82, 2.24) is 26.2 Å². The van der Waals surface area contributed by atoms with E-state index in [4.69, 9.17) is 10.8 Å². The maximum Gasteiger partial charge on any atom is 0.322 e. The van der Waals surface area contributed by atoms with Gasteiger partial charge in [0.25, 0.3) is 0 Å². The maximum absolute atomic E-state index is 13.7. The number of aliphatic carboxylic acids is 1. The molecule has 3 rings (SSSR count). The Bertz CT molecular complexity index is 1360. The van der Waals surface area contributed by atoms with Crippen LogP contribution in [-0.4, -0.2) is 112 Å². The van der Waals surface area contributed by atoms with Gasteiger partial charge < -0.3 is 47.2 Å². The molecule has 1 aliphatic rings. The van der Waals surface area contributed by atoms with E-state index in [2.05, 4.69) is 21.3 Å². The van der Waals surface area contributed by atoms with Crippen molar-refractivity contribution >= 4 is 35.5 Å². The lowest BCUT2D eigenvalue weighted by atomic mass is 10.0. The Morgan fingerprint density at radius 1 is 0.761 bits per heavy atom. The third-order valence-corrected chi connectivity index (χ3v) is 7.42. The van der Waals surface area contributed by atoms with Crippen LogP contribution in [0, 0.1) is 0 Å². The van der Waals surface area contributed by atoms with Gasteiger partial charge in [0.2, 0.25) is 29.5 Å². The van der Waals surface area contributed by atoms with Crippen LogP contribution in [0.2, 0.25) is 0 Å². The molecule has 1 heterocycles. The Hall–Kier alpha value is -4.86. The summed E-state index contributed by atoms with van der Waals surface area (Å²) in [6, 6.07) is 11.4. The Morgan fingerprint density at radius 2 is 1.26 bits per heavy atom. The van der Waals surface area contributed by atoms with Gasteiger partial charge in [0.15, 0.2) is 0 Å². The number of aliphatic hydroxyl groups excluding tert-OH is 2. The van der Waals surface area contributed by atoms with E-state index in [0.717, 1.165) is 5.56 Å². The third kappa shape index (κ3) is 10.4. The van der Waals surface area contributed by atoms with Crippen molar-refractivity contribution in [2.24, 2.45) is 5.73 Å². The second-order valence-electron chi connectivity index (χ2n) is 10.8. The summed E-state index contributed by atoms with van der Waals surface area (Å²) < 4.78 is 0. The van der Waals surface area contributed by atoms with E-state index in [-0.39, 0.29) is 19.4 Å². The fourth-order valence-electron chi connectivity index (χ4n) is 5.01. The fourth-order valence-corrected chi connectivity index (χ4v) is 5.01. The minimum Gasteiger partial charge on any atom is -0.480 e. The molecule has 248 valence electrons. The number of carbonyl (C=O) groups is 6. The first-order valence-electron chi connectivity index (χ1n) is 14.8. The second-order valence-corrected chi connectivity index (χ2v) is 10.8. The lowest BCUT2D eigenvalue weighted by molar-refractivity contribution is -0.143. The van der Waals surface area contributed by atoms with Gasteiger partial charge in [-0.15, -0.1) is 0 Å². The second kappa shape index (κ2) is 17.6. The molecule has 0 saturated carbocycles. The van der Waals surface area contributed by atoms with Crippen molar-refractivity contribution in [2.45, 2.75) is 55.9 Å². The van der Waals surface area contributed by atoms with Crippen LogP contribution >= 0.6 is 0 Å². The average molecular weight is 641 g/mol. The van der Waals surface area contributed by atoms with Crippen LogP contribution in [0.25, 0.3) is 0 Å². The van der Waals surface area contributed by atoms with Gasteiger partial charge in [-0.3, -0.25) is 28.8 Å². The summed E-state index contributed by atoms with van der Waals surface area (Å²) in [5, 5.41) is 38.1. The summed E-state index contributed by atoms with van der Waals surface area (Å²) in [7, 11) is 0. The highest BCUT2D eigenvalue weighted by Crippen LogP contribution is 2.20. The molecule has 0 aromatic heterocycles. The van der Waals surface area contributed by atoms with Crippen molar-refractivity contribution in [3.05, 3.63) is 71.8 Å². The smallest absolute Gasteiger partial charge is 0.322 e. The monoisotopic (exact) mass is 640 g/mol. The van der Waals surface area contributed by atoms with E-state index in [9.17, 15) is 39.0 Å². The van der Waals surface area contributed by atoms with Crippen molar-refractivity contribution < 1.29 is 44.1 Å². The van der Waals surface area contributed by atoms with Gasteiger partial charge in [-0.1, -0.05) is 60.7 Å². The van der Waals surface area contributed by atoms with Gasteiger partial charge in [-0.25, -0.2) is 0 Å². The first kappa shape index (κ1) is 35.6. The number of nitrogens with two attached hydrogens (primary N) is 1. The van der Waals surface area contributed by atoms with E-state index < -0.39 is 85.5 Å². The molecule has 1 fully saturated rings. The number of carboxylic acids is 1. The van der Waals surface area contributed by atoms with Crippen molar-refractivity contribution in [3.8, 4) is 0 Å². The normalized spacial score (nSPS) is 16.8. The fraction of sp³-hybridized carbons (Fsp3) is 0.419. The van der Waals surface area contributed by atoms with Gasteiger partial charge in [0.1, 0.15) is 30.7 Å². The van der Waals surface area contributed by atoms with Gasteiger partial charge in [-0.2, -0.15) is 0 Å². The van der Waals surface area contributed by atoms with E-state index in [1.807, 2.05) is 0 Å². The molecule has 0 aliphatic carbocycles. The summed E-state index contributed by atoms with van der Waals surface area (Å²) in [4.78, 5) is 77.4. The number of hydrogen-bond acceptors (Lipinski definition) is 9. The predicted molar refractivity (Wildman–Crippen MR) is 164 cm³/mol. The van der Waals surface area contributed by atoms with Crippen LogP contribution in [0.4, 0.5) is 0 Å². The number of hydrogen-bond donors (Lipinski definition) is 8. The molecule has 0 spiro atoms. The topological polar surface area (TPSA) is 240 Å². The average Bonchev–Trinajstić information content (AvgIpc) is 3.55. The van der Waals surface area contributed by atoms with Crippen LogP contribution < -0.4 is 27.0 Å². The molecule has 46 heavy (non-hydrogen) atoms. The van der Waals surface area contributed by atoms with Crippen molar-refractivity contribution in [2.75, 3.05) is 26.3 Å². The first-order chi connectivity index (χ1) is 22.0. The number of nitrogens with zero attached hydrogens (tertiary/aromatic N) is 1. The van der Waals surface area contributed by atoms with Crippen LogP contribution in [0.5, 0.6) is 0 Å². The minimum absolute atomic E-state index is 0.00605. The number of likely N-dealkylation sites (tertiary alicyclic amines) is 1. The molecule has 1 aliphatic heterocycles. The number of aliphatic hydroxyl groups is 2. The number of nitrogens with one attached hydrogen (secondary N) is 4. The largest absolute Gasteiger partial charge is 0.480 e. The zero-order chi connectivity index (χ0) is 33.6. The summed E-state index contributed by atoms with van der Waals surface area (Å²) in [6.45, 7) is -2.14. The molecule has 0 radical (unpaired) electrons. The Labute approximate surface area is 265 Å². The predicted octanol–water partition coefficient (Wildman–Crippen LogP) is -2.57. The SMILES string of the molecule is N[C@@H](Cc1ccccc1)C(=O)N[C@@H](CO)C(=O)N[C@@H](CO)C(=O)N[C@@H](Cc1ccccc1)C(=O)N1CCC[C@H]1C(=O)NCC(=O)O. The molecule has 0 unspecified atom stereocenters. The minimum atomic E-state index is -1.57. The summed E-state index contributed by atoms with van der Waals surface area (Å²) in [5.41, 5.74) is 7.43. The maximum atomic E-state index is 13.7. The zero-order valence-electron chi connectivity index (χ0n) is 25.1. The molecule has 2 aromatic carbocycles. The number of amides is 5. The van der Waals surface area contributed by atoms with E-state index in [1.54, 1.807) is 60.7 Å². The molecule has 1 saturated heterocycles. The Morgan fingerprint density at radius 3 is 1.78 bits per heavy atom. The molecule has 5 atom stereocenters. The lowest BCUT2D eigenvalue weighted by Gasteiger charge is -2.30. The van der Waals surface area contributed by atoms with Gasteiger partial charge >= 0.3 is 5.97 Å². The summed E-state index contributed by atoms with van der Waals surface area (Å²) in [6.07, 6.45) is 0.944. The summed E-state index contributed by atoms with van der Waals surface area (Å²) in [5.74, 6) is -5.12. The summed E-state index contributed by atoms with van der Waals surface area (Å²) >= 11 is 0. The first-order valence-corrected chi connectivity index (χ1v) is 14.8. The highest BCUT2D eigenvalue weighted by molar-refractivity contribution is 5.96. The number of rotatable bonds is 16. The molecule has 5 amide bonds. The molecule has 15 heteroatoms. The highest BCUT2D eigenvalue weighted by atomic mass is 16.4. The van der Waals surface area contributed by atoms with Crippen molar-refractivity contribution in [1.29, 1.82) is 0 Å². The van der Waals surface area contributed by atoms with Crippen LogP contribution in [0.15, 0.2) is 60.7 Å². The van der Waals surface area contributed by atoms with Crippen LogP contribution in [0.3, 0.4) is 0 Å². The van der Waals surface area contributed by atoms with Crippen LogP contribution in [-0.2, 0) is 41.6 Å². The number of benzene rings is 2. The Balaban J connectivity index is 1.69. The highest BCUT2D eigenvalue weighted by Gasteiger charge is 2.38. The van der Waals surface area contributed by atoms with Gasteiger partial charge in [0.05, 0.1) is 19.3 Å². The molecule has 9 N–H and O–H groups in total.